The van der Waals surface area contributed by atoms with Crippen molar-refractivity contribution in [1.82, 2.24) is 24.5 Å². The van der Waals surface area contributed by atoms with Gasteiger partial charge < -0.3 is 4.42 Å². The Morgan fingerprint density at radius 1 is 0.450 bits per heavy atom. The molecule has 8 rings (SSSR count). The second-order valence-corrected chi connectivity index (χ2v) is 9.58. The van der Waals surface area contributed by atoms with Crippen LogP contribution in [-0.4, -0.2) is 24.5 Å². The highest BCUT2D eigenvalue weighted by Crippen LogP contribution is 2.32. The van der Waals surface area contributed by atoms with Crippen molar-refractivity contribution in [3.05, 3.63) is 127 Å². The summed E-state index contributed by atoms with van der Waals surface area (Å²) >= 11 is 0. The van der Waals surface area contributed by atoms with Gasteiger partial charge in [-0.15, -0.1) is 0 Å². The van der Waals surface area contributed by atoms with Crippen LogP contribution in [0.2, 0.25) is 0 Å². The highest BCUT2D eigenvalue weighted by molar-refractivity contribution is 6.08. The number of fused-ring (bicyclic) bond motifs is 4. The van der Waals surface area contributed by atoms with E-state index in [1.54, 1.807) is 0 Å². The van der Waals surface area contributed by atoms with Crippen molar-refractivity contribution in [2.75, 3.05) is 0 Å². The number of hydrogen-bond acceptors (Lipinski definition) is 5. The normalized spacial score (nSPS) is 11.5. The maximum atomic E-state index is 6.10. The second kappa shape index (κ2) is 8.99. The lowest BCUT2D eigenvalue weighted by atomic mass is 10.0. The van der Waals surface area contributed by atoms with E-state index in [4.69, 9.17) is 19.4 Å². The molecule has 6 heteroatoms. The smallest absolute Gasteiger partial charge is 0.266 e. The fourth-order valence-corrected chi connectivity index (χ4v) is 5.24. The first-order chi connectivity index (χ1) is 19.8. The minimum atomic E-state index is 0.354. The highest BCUT2D eigenvalue weighted by Gasteiger charge is 2.19. The van der Waals surface area contributed by atoms with Gasteiger partial charge in [-0.25, -0.2) is 9.97 Å². The summed E-state index contributed by atoms with van der Waals surface area (Å²) in [5.41, 5.74) is 6.63. The van der Waals surface area contributed by atoms with Crippen LogP contribution < -0.4 is 0 Å². The molecule has 0 bridgehead atoms. The number of hydrogen-bond donors (Lipinski definition) is 0. The molecule has 0 radical (unpaired) electrons. The van der Waals surface area contributed by atoms with Crippen LogP contribution in [0.3, 0.4) is 0 Å². The number of benzene rings is 5. The first-order valence-electron chi connectivity index (χ1n) is 13.1. The van der Waals surface area contributed by atoms with Crippen molar-refractivity contribution in [1.29, 1.82) is 0 Å². The molecule has 0 amide bonds. The molecule has 5 aromatic carbocycles. The van der Waals surface area contributed by atoms with Crippen LogP contribution >= 0.6 is 0 Å². The summed E-state index contributed by atoms with van der Waals surface area (Å²) in [6, 6.07) is 42.8. The molecule has 188 valence electrons. The molecule has 6 nitrogen and oxygen atoms in total. The standard InChI is InChI=1S/C34H21N5O/c1-2-10-22(11-3-1)23-18-20-24(21-19-23)31-36-32(33-35-27-14-6-9-17-30(27)40-33)38-34(37-31)39-28-15-7-4-12-25(28)26-13-5-8-16-29(26)39/h1-21H. The molecule has 0 aliphatic rings. The van der Waals surface area contributed by atoms with E-state index >= 15 is 0 Å². The topological polar surface area (TPSA) is 69.6 Å². The van der Waals surface area contributed by atoms with Crippen molar-refractivity contribution in [2.24, 2.45) is 0 Å². The predicted molar refractivity (Wildman–Crippen MR) is 158 cm³/mol. The van der Waals surface area contributed by atoms with E-state index in [0.29, 0.717) is 29.1 Å². The fourth-order valence-electron chi connectivity index (χ4n) is 5.24. The number of rotatable bonds is 4. The Labute approximate surface area is 229 Å². The van der Waals surface area contributed by atoms with Crippen LogP contribution in [0.1, 0.15) is 0 Å². The number of para-hydroxylation sites is 4. The largest absolute Gasteiger partial charge is 0.434 e. The van der Waals surface area contributed by atoms with Gasteiger partial charge in [0.1, 0.15) is 5.52 Å². The Balaban J connectivity index is 1.36. The molecule has 0 saturated carbocycles. The lowest BCUT2D eigenvalue weighted by Crippen LogP contribution is -2.06. The number of oxazole rings is 1. The van der Waals surface area contributed by atoms with E-state index in [1.807, 2.05) is 66.7 Å². The third-order valence-electron chi connectivity index (χ3n) is 7.14. The summed E-state index contributed by atoms with van der Waals surface area (Å²) in [5.74, 6) is 1.79. The van der Waals surface area contributed by atoms with E-state index in [-0.39, 0.29) is 0 Å². The van der Waals surface area contributed by atoms with Crippen molar-refractivity contribution >= 4 is 32.9 Å². The zero-order valence-corrected chi connectivity index (χ0v) is 21.3. The summed E-state index contributed by atoms with van der Waals surface area (Å²) in [5, 5.41) is 2.27. The van der Waals surface area contributed by atoms with Crippen LogP contribution in [-0.2, 0) is 0 Å². The van der Waals surface area contributed by atoms with Crippen LogP contribution in [0, 0.1) is 0 Å². The average Bonchev–Trinajstić information content (AvgIpc) is 3.61. The second-order valence-electron chi connectivity index (χ2n) is 9.58. The Bertz CT molecular complexity index is 2080. The molecule has 3 aromatic heterocycles. The first kappa shape index (κ1) is 22.4. The Hall–Kier alpha value is -5.62. The predicted octanol–water partition coefficient (Wildman–Crippen LogP) is 8.11. The van der Waals surface area contributed by atoms with Gasteiger partial charge >= 0.3 is 0 Å². The average molecular weight is 516 g/mol. The quantitative estimate of drug-likeness (QED) is 0.237. The lowest BCUT2D eigenvalue weighted by Gasteiger charge is -2.10. The van der Waals surface area contributed by atoms with Gasteiger partial charge in [0.05, 0.1) is 11.0 Å². The van der Waals surface area contributed by atoms with Crippen LogP contribution in [0.5, 0.6) is 0 Å². The molecule has 0 aliphatic carbocycles. The lowest BCUT2D eigenvalue weighted by molar-refractivity contribution is 0.612. The minimum absolute atomic E-state index is 0.354. The molecule has 0 spiro atoms. The van der Waals surface area contributed by atoms with Gasteiger partial charge in [0.25, 0.3) is 5.89 Å². The van der Waals surface area contributed by atoms with E-state index in [9.17, 15) is 0 Å². The Morgan fingerprint density at radius 2 is 1.02 bits per heavy atom. The molecule has 0 N–H and O–H groups in total. The van der Waals surface area contributed by atoms with Gasteiger partial charge in [-0.3, -0.25) is 4.57 Å². The van der Waals surface area contributed by atoms with Crippen LogP contribution in [0.15, 0.2) is 132 Å². The summed E-state index contributed by atoms with van der Waals surface area (Å²) in [6.45, 7) is 0. The molecule has 3 heterocycles. The van der Waals surface area contributed by atoms with Gasteiger partial charge in [-0.05, 0) is 35.4 Å². The third-order valence-corrected chi connectivity index (χ3v) is 7.14. The van der Waals surface area contributed by atoms with Crippen molar-refractivity contribution in [2.45, 2.75) is 0 Å². The molecule has 0 fully saturated rings. The third kappa shape index (κ3) is 3.66. The van der Waals surface area contributed by atoms with E-state index in [1.165, 1.54) is 0 Å². The van der Waals surface area contributed by atoms with Gasteiger partial charge in [0.15, 0.2) is 11.4 Å². The van der Waals surface area contributed by atoms with Crippen molar-refractivity contribution in [3.63, 3.8) is 0 Å². The van der Waals surface area contributed by atoms with Crippen LogP contribution in [0.4, 0.5) is 0 Å². The van der Waals surface area contributed by atoms with Gasteiger partial charge in [0.2, 0.25) is 11.8 Å². The monoisotopic (exact) mass is 515 g/mol. The van der Waals surface area contributed by atoms with E-state index in [2.05, 4.69) is 70.2 Å². The number of aromatic nitrogens is 5. The first-order valence-corrected chi connectivity index (χ1v) is 13.1. The molecular formula is C34H21N5O. The molecule has 0 unspecified atom stereocenters. The summed E-state index contributed by atoms with van der Waals surface area (Å²) in [7, 11) is 0. The van der Waals surface area contributed by atoms with Crippen LogP contribution in [0.25, 0.3) is 73.1 Å². The molecule has 0 atom stereocenters. The minimum Gasteiger partial charge on any atom is -0.434 e. The molecular weight excluding hydrogens is 494 g/mol. The van der Waals surface area contributed by atoms with Crippen molar-refractivity contribution < 1.29 is 4.42 Å². The molecule has 8 aromatic rings. The number of nitrogens with zero attached hydrogens (tertiary/aromatic N) is 5. The Kier molecular flexibility index (Phi) is 5.03. The summed E-state index contributed by atoms with van der Waals surface area (Å²) in [6.07, 6.45) is 0. The molecule has 40 heavy (non-hydrogen) atoms. The fraction of sp³-hybridized carbons (Fsp3) is 0. The van der Waals surface area contributed by atoms with Crippen molar-refractivity contribution in [3.8, 4) is 40.2 Å². The SMILES string of the molecule is c1ccc(-c2ccc(-c3nc(-c4nc5ccccc5o4)nc(-n4c5ccccc5c5ccccc54)n3)cc2)cc1. The van der Waals surface area contributed by atoms with E-state index in [0.717, 1.165) is 44.0 Å². The zero-order valence-electron chi connectivity index (χ0n) is 21.3. The molecule has 0 aliphatic heterocycles. The highest BCUT2D eigenvalue weighted by atomic mass is 16.3. The summed E-state index contributed by atoms with van der Waals surface area (Å²) < 4.78 is 8.18. The maximum Gasteiger partial charge on any atom is 0.266 e. The summed E-state index contributed by atoms with van der Waals surface area (Å²) in [4.78, 5) is 19.5. The molecule has 0 saturated heterocycles. The van der Waals surface area contributed by atoms with Gasteiger partial charge in [-0.1, -0.05) is 103 Å². The van der Waals surface area contributed by atoms with Gasteiger partial charge in [0, 0.05) is 16.3 Å². The van der Waals surface area contributed by atoms with Gasteiger partial charge in [-0.2, -0.15) is 9.97 Å². The zero-order chi connectivity index (χ0) is 26.5. The maximum absolute atomic E-state index is 6.10. The Morgan fingerprint density at radius 3 is 1.75 bits per heavy atom. The van der Waals surface area contributed by atoms with E-state index < -0.39 is 0 Å².